The average molecular weight is 435 g/mol. The molecule has 164 valence electrons. The highest BCUT2D eigenvalue weighted by atomic mass is 16.6. The second kappa shape index (κ2) is 10.1. The van der Waals surface area contributed by atoms with Gasteiger partial charge in [0.15, 0.2) is 5.75 Å². The number of phenolic OH excluding ortho intramolecular Hbond substituents is 1. The largest absolute Gasteiger partial charge is 0.507 e. The summed E-state index contributed by atoms with van der Waals surface area (Å²) in [6.07, 6.45) is 1.23. The van der Waals surface area contributed by atoms with Crippen LogP contribution < -0.4 is 14.9 Å². The first kappa shape index (κ1) is 22.3. The van der Waals surface area contributed by atoms with Gasteiger partial charge >= 0.3 is 5.69 Å². The normalized spacial score (nSPS) is 10.7. The summed E-state index contributed by atoms with van der Waals surface area (Å²) in [6, 6.07) is 16.4. The molecule has 3 aromatic carbocycles. The van der Waals surface area contributed by atoms with Gasteiger partial charge in [-0.25, -0.2) is 5.43 Å². The summed E-state index contributed by atoms with van der Waals surface area (Å²) in [6.45, 7) is 2.09. The fraction of sp³-hybridized carbons (Fsp3) is 0.130. The summed E-state index contributed by atoms with van der Waals surface area (Å²) in [7, 11) is 1.37. The van der Waals surface area contributed by atoms with Crippen LogP contribution in [0.15, 0.2) is 65.8 Å². The number of nitro benzene ring substituents is 1. The lowest BCUT2D eigenvalue weighted by Gasteiger charge is -2.12. The fourth-order valence-electron chi connectivity index (χ4n) is 2.85. The SMILES string of the molecule is COc1cc(/C=N\NC(=O)c2ccccc2O)cc([N+](=O)[O-])c1OCc1ccc(C)cc1. The Bertz CT molecular complexity index is 1160. The van der Waals surface area contributed by atoms with Crippen molar-refractivity contribution < 1.29 is 24.3 Å². The van der Waals surface area contributed by atoms with Crippen LogP contribution in [0.25, 0.3) is 0 Å². The maximum absolute atomic E-state index is 12.1. The second-order valence-corrected chi connectivity index (χ2v) is 6.82. The van der Waals surface area contributed by atoms with Gasteiger partial charge in [-0.3, -0.25) is 14.9 Å². The molecule has 0 saturated heterocycles. The topological polar surface area (TPSA) is 123 Å². The van der Waals surface area contributed by atoms with Gasteiger partial charge in [-0.2, -0.15) is 5.10 Å². The third-order valence-electron chi connectivity index (χ3n) is 4.51. The standard InChI is InChI=1S/C23H21N3O6/c1-15-7-9-16(10-8-15)14-32-22-19(26(29)30)11-17(12-21(22)31-2)13-24-25-23(28)18-5-3-4-6-20(18)27/h3-13,27H,14H2,1-2H3,(H,25,28)/b24-13-. The van der Waals surface area contributed by atoms with Crippen molar-refractivity contribution in [2.24, 2.45) is 5.10 Å². The second-order valence-electron chi connectivity index (χ2n) is 6.82. The molecule has 0 aliphatic heterocycles. The Kier molecular flexibility index (Phi) is 7.02. The minimum Gasteiger partial charge on any atom is -0.507 e. The van der Waals surface area contributed by atoms with E-state index >= 15 is 0 Å². The van der Waals surface area contributed by atoms with E-state index in [1.54, 1.807) is 12.1 Å². The van der Waals surface area contributed by atoms with Gasteiger partial charge in [-0.1, -0.05) is 42.0 Å². The maximum Gasteiger partial charge on any atom is 0.315 e. The summed E-state index contributed by atoms with van der Waals surface area (Å²) in [5.41, 5.74) is 4.28. The molecule has 9 nitrogen and oxygen atoms in total. The van der Waals surface area contributed by atoms with E-state index < -0.39 is 10.8 Å². The van der Waals surface area contributed by atoms with Crippen LogP contribution in [-0.2, 0) is 6.61 Å². The van der Waals surface area contributed by atoms with Crippen molar-refractivity contribution in [2.45, 2.75) is 13.5 Å². The minimum atomic E-state index is -0.626. The number of rotatable bonds is 8. The monoisotopic (exact) mass is 435 g/mol. The predicted octanol–water partition coefficient (Wildman–Crippen LogP) is 3.96. The molecule has 3 rings (SSSR count). The highest BCUT2D eigenvalue weighted by molar-refractivity contribution is 5.97. The Morgan fingerprint density at radius 2 is 1.91 bits per heavy atom. The zero-order valence-corrected chi connectivity index (χ0v) is 17.4. The quantitative estimate of drug-likeness (QED) is 0.314. The summed E-state index contributed by atoms with van der Waals surface area (Å²) in [5, 5.41) is 25.2. The number of aryl methyl sites for hydroxylation is 1. The van der Waals surface area contributed by atoms with Crippen LogP contribution in [0.2, 0.25) is 0 Å². The Balaban J connectivity index is 1.80. The molecule has 0 heterocycles. The number of amides is 1. The summed E-state index contributed by atoms with van der Waals surface area (Å²) >= 11 is 0. The van der Waals surface area contributed by atoms with E-state index in [-0.39, 0.29) is 35.1 Å². The molecule has 3 aromatic rings. The van der Waals surface area contributed by atoms with E-state index in [2.05, 4.69) is 10.5 Å². The first-order valence-corrected chi connectivity index (χ1v) is 9.55. The summed E-state index contributed by atoms with van der Waals surface area (Å²) < 4.78 is 11.0. The third kappa shape index (κ3) is 5.39. The van der Waals surface area contributed by atoms with Crippen LogP contribution in [0.5, 0.6) is 17.2 Å². The highest BCUT2D eigenvalue weighted by Gasteiger charge is 2.22. The van der Waals surface area contributed by atoms with Gasteiger partial charge in [0.05, 0.1) is 23.8 Å². The molecule has 0 aromatic heterocycles. The zero-order chi connectivity index (χ0) is 23.1. The van der Waals surface area contributed by atoms with Crippen LogP contribution >= 0.6 is 0 Å². The Hall–Kier alpha value is -4.40. The van der Waals surface area contributed by atoms with E-state index in [9.17, 15) is 20.0 Å². The van der Waals surface area contributed by atoms with Crippen molar-refractivity contribution in [1.82, 2.24) is 5.43 Å². The van der Waals surface area contributed by atoms with E-state index in [0.29, 0.717) is 5.56 Å². The number of ether oxygens (including phenoxy) is 2. The molecule has 32 heavy (non-hydrogen) atoms. The van der Waals surface area contributed by atoms with Gasteiger partial charge in [-0.15, -0.1) is 0 Å². The molecular weight excluding hydrogens is 414 g/mol. The number of phenols is 1. The van der Waals surface area contributed by atoms with Crippen LogP contribution in [0.4, 0.5) is 5.69 Å². The van der Waals surface area contributed by atoms with Crippen molar-refractivity contribution >= 4 is 17.8 Å². The van der Waals surface area contributed by atoms with Gasteiger partial charge in [-0.05, 0) is 30.7 Å². The molecule has 0 spiro atoms. The van der Waals surface area contributed by atoms with Gasteiger partial charge in [0.25, 0.3) is 5.91 Å². The van der Waals surface area contributed by atoms with Crippen LogP contribution in [0.1, 0.15) is 27.0 Å². The molecule has 0 bridgehead atoms. The van der Waals surface area contributed by atoms with Gasteiger partial charge in [0, 0.05) is 11.6 Å². The number of hydrogen-bond donors (Lipinski definition) is 2. The van der Waals surface area contributed by atoms with Crippen LogP contribution in [0.3, 0.4) is 0 Å². The van der Waals surface area contributed by atoms with Crippen LogP contribution in [0, 0.1) is 17.0 Å². The van der Waals surface area contributed by atoms with E-state index in [1.807, 2.05) is 31.2 Å². The lowest BCUT2D eigenvalue weighted by Crippen LogP contribution is -2.17. The van der Waals surface area contributed by atoms with Gasteiger partial charge in [0.1, 0.15) is 12.4 Å². The Morgan fingerprint density at radius 3 is 2.56 bits per heavy atom. The Labute approximate surface area is 184 Å². The number of nitro groups is 1. The fourth-order valence-corrected chi connectivity index (χ4v) is 2.85. The van der Waals surface area contributed by atoms with Gasteiger partial charge < -0.3 is 14.6 Å². The number of nitrogens with one attached hydrogen (secondary N) is 1. The van der Waals surface area contributed by atoms with Crippen LogP contribution in [-0.4, -0.2) is 29.3 Å². The van der Waals surface area contributed by atoms with Crippen molar-refractivity contribution in [2.75, 3.05) is 7.11 Å². The van der Waals surface area contributed by atoms with E-state index in [4.69, 9.17) is 9.47 Å². The molecule has 0 saturated carbocycles. The van der Waals surface area contributed by atoms with E-state index in [0.717, 1.165) is 11.1 Å². The number of methoxy groups -OCH3 is 1. The third-order valence-corrected chi connectivity index (χ3v) is 4.51. The summed E-state index contributed by atoms with van der Waals surface area (Å²) in [4.78, 5) is 23.2. The Morgan fingerprint density at radius 1 is 1.19 bits per heavy atom. The average Bonchev–Trinajstić information content (AvgIpc) is 2.78. The zero-order valence-electron chi connectivity index (χ0n) is 17.4. The molecule has 0 aliphatic carbocycles. The van der Waals surface area contributed by atoms with Crippen molar-refractivity contribution in [3.63, 3.8) is 0 Å². The van der Waals surface area contributed by atoms with Crippen molar-refractivity contribution in [1.29, 1.82) is 0 Å². The summed E-state index contributed by atoms with van der Waals surface area (Å²) in [5.74, 6) is -0.667. The molecule has 0 radical (unpaired) electrons. The first-order valence-electron chi connectivity index (χ1n) is 9.55. The number of nitrogens with zero attached hydrogens (tertiary/aromatic N) is 2. The number of hydrogen-bond acceptors (Lipinski definition) is 7. The smallest absolute Gasteiger partial charge is 0.315 e. The molecule has 0 aliphatic rings. The maximum atomic E-state index is 12.1. The molecule has 0 unspecified atom stereocenters. The van der Waals surface area contributed by atoms with Gasteiger partial charge in [0.2, 0.25) is 5.75 Å². The minimum absolute atomic E-state index is 0.00605. The number of aromatic hydroxyl groups is 1. The molecule has 1 amide bonds. The first-order chi connectivity index (χ1) is 15.4. The molecule has 2 N–H and O–H groups in total. The molecular formula is C23H21N3O6. The number of carbonyl (C=O) groups is 1. The predicted molar refractivity (Wildman–Crippen MR) is 118 cm³/mol. The highest BCUT2D eigenvalue weighted by Crippen LogP contribution is 2.38. The molecule has 0 atom stereocenters. The number of carbonyl (C=O) groups excluding carboxylic acids is 1. The van der Waals surface area contributed by atoms with Crippen molar-refractivity contribution in [3.05, 3.63) is 93.0 Å². The molecule has 9 heteroatoms. The van der Waals surface area contributed by atoms with E-state index in [1.165, 1.54) is 37.6 Å². The number of para-hydroxylation sites is 1. The lowest BCUT2D eigenvalue weighted by molar-refractivity contribution is -0.386. The number of benzene rings is 3. The van der Waals surface area contributed by atoms with Crippen molar-refractivity contribution in [3.8, 4) is 17.2 Å². The number of hydrazone groups is 1. The molecule has 0 fully saturated rings. The lowest BCUT2D eigenvalue weighted by atomic mass is 10.1.